The number of aryl methyl sites for hydroxylation is 1. The van der Waals surface area contributed by atoms with Crippen LogP contribution in [0.1, 0.15) is 18.9 Å². The van der Waals surface area contributed by atoms with Gasteiger partial charge < -0.3 is 9.88 Å². The van der Waals surface area contributed by atoms with Gasteiger partial charge in [-0.2, -0.15) is 0 Å². The van der Waals surface area contributed by atoms with Crippen molar-refractivity contribution in [1.29, 1.82) is 0 Å². The monoisotopic (exact) mass is 308 g/mol. The standard InChI is InChI=1S/C18H20N4O/c1-14(11-15-5-4-9-19-12-15)21-18(23)8-10-22-13-20-16-6-2-3-7-17(16)22/h2-7,9,12-14H,8,10-11H2,1H3,(H,21,23)/t14-/m1/s1. The summed E-state index contributed by atoms with van der Waals surface area (Å²) in [5, 5.41) is 3.04. The highest BCUT2D eigenvalue weighted by Crippen LogP contribution is 2.12. The number of hydrogen-bond acceptors (Lipinski definition) is 3. The van der Waals surface area contributed by atoms with Crippen LogP contribution in [0.4, 0.5) is 0 Å². The highest BCUT2D eigenvalue weighted by molar-refractivity contribution is 5.77. The van der Waals surface area contributed by atoms with Gasteiger partial charge in [0.25, 0.3) is 0 Å². The fourth-order valence-electron chi connectivity index (χ4n) is 2.68. The first-order chi connectivity index (χ1) is 11.2. The summed E-state index contributed by atoms with van der Waals surface area (Å²) >= 11 is 0. The molecule has 1 atom stereocenters. The number of pyridine rings is 1. The maximum Gasteiger partial charge on any atom is 0.222 e. The van der Waals surface area contributed by atoms with Crippen LogP contribution in [0.15, 0.2) is 55.1 Å². The average molecular weight is 308 g/mol. The van der Waals surface area contributed by atoms with E-state index in [9.17, 15) is 4.79 Å². The normalized spacial score (nSPS) is 12.2. The number of rotatable bonds is 6. The third-order valence-corrected chi connectivity index (χ3v) is 3.78. The van der Waals surface area contributed by atoms with Crippen LogP contribution in [-0.2, 0) is 17.8 Å². The van der Waals surface area contributed by atoms with E-state index in [2.05, 4.69) is 15.3 Å². The number of imidazole rings is 1. The molecule has 0 unspecified atom stereocenters. The van der Waals surface area contributed by atoms with Gasteiger partial charge in [0, 0.05) is 31.4 Å². The number of hydrogen-bond donors (Lipinski definition) is 1. The number of fused-ring (bicyclic) bond motifs is 1. The van der Waals surface area contributed by atoms with Crippen LogP contribution in [0.5, 0.6) is 0 Å². The van der Waals surface area contributed by atoms with Crippen molar-refractivity contribution in [3.05, 3.63) is 60.7 Å². The van der Waals surface area contributed by atoms with Crippen LogP contribution >= 0.6 is 0 Å². The molecule has 0 saturated heterocycles. The van der Waals surface area contributed by atoms with Crippen LogP contribution < -0.4 is 5.32 Å². The Labute approximate surface area is 135 Å². The first kappa shape index (κ1) is 15.2. The molecule has 1 amide bonds. The second kappa shape index (κ2) is 7.05. The van der Waals surface area contributed by atoms with Crippen molar-refractivity contribution in [2.24, 2.45) is 0 Å². The third kappa shape index (κ3) is 3.94. The molecule has 5 heteroatoms. The fraction of sp³-hybridized carbons (Fsp3) is 0.278. The van der Waals surface area contributed by atoms with Crippen molar-refractivity contribution < 1.29 is 4.79 Å². The summed E-state index contributed by atoms with van der Waals surface area (Å²) in [6.45, 7) is 2.64. The van der Waals surface area contributed by atoms with E-state index in [-0.39, 0.29) is 11.9 Å². The largest absolute Gasteiger partial charge is 0.353 e. The first-order valence-electron chi connectivity index (χ1n) is 7.80. The smallest absolute Gasteiger partial charge is 0.222 e. The Morgan fingerprint density at radius 2 is 2.13 bits per heavy atom. The van der Waals surface area contributed by atoms with Gasteiger partial charge >= 0.3 is 0 Å². The van der Waals surface area contributed by atoms with Crippen molar-refractivity contribution in [3.63, 3.8) is 0 Å². The summed E-state index contributed by atoms with van der Waals surface area (Å²) in [6, 6.07) is 12.0. The molecule has 1 aromatic carbocycles. The predicted molar refractivity (Wildman–Crippen MR) is 89.9 cm³/mol. The highest BCUT2D eigenvalue weighted by atomic mass is 16.1. The topological polar surface area (TPSA) is 59.8 Å². The minimum Gasteiger partial charge on any atom is -0.353 e. The van der Waals surface area contributed by atoms with Gasteiger partial charge in [0.2, 0.25) is 5.91 Å². The van der Waals surface area contributed by atoms with Crippen molar-refractivity contribution in [2.75, 3.05) is 0 Å². The number of carbonyl (C=O) groups is 1. The number of carbonyl (C=O) groups excluding carboxylic acids is 1. The van der Waals surface area contributed by atoms with Crippen molar-refractivity contribution in [1.82, 2.24) is 19.9 Å². The molecule has 0 aliphatic rings. The maximum atomic E-state index is 12.1. The highest BCUT2D eigenvalue weighted by Gasteiger charge is 2.09. The van der Waals surface area contributed by atoms with Crippen molar-refractivity contribution in [3.8, 4) is 0 Å². The van der Waals surface area contributed by atoms with E-state index >= 15 is 0 Å². The number of para-hydroxylation sites is 2. The molecule has 2 aromatic heterocycles. The SMILES string of the molecule is C[C@H](Cc1cccnc1)NC(=O)CCn1cnc2ccccc21. The van der Waals surface area contributed by atoms with Crippen LogP contribution in [0, 0.1) is 0 Å². The van der Waals surface area contributed by atoms with Crippen LogP contribution in [0.25, 0.3) is 11.0 Å². The predicted octanol–water partition coefficient (Wildman–Crippen LogP) is 2.57. The van der Waals surface area contributed by atoms with E-state index < -0.39 is 0 Å². The van der Waals surface area contributed by atoms with Gasteiger partial charge in [-0.3, -0.25) is 9.78 Å². The Morgan fingerprint density at radius 3 is 2.96 bits per heavy atom. The van der Waals surface area contributed by atoms with E-state index in [0.717, 1.165) is 23.0 Å². The minimum absolute atomic E-state index is 0.0548. The van der Waals surface area contributed by atoms with Crippen molar-refractivity contribution in [2.45, 2.75) is 32.4 Å². The summed E-state index contributed by atoms with van der Waals surface area (Å²) in [5.41, 5.74) is 3.14. The van der Waals surface area contributed by atoms with Gasteiger partial charge in [0.1, 0.15) is 0 Å². The lowest BCUT2D eigenvalue weighted by molar-refractivity contribution is -0.121. The van der Waals surface area contributed by atoms with Gasteiger partial charge in [0.15, 0.2) is 0 Å². The summed E-state index contributed by atoms with van der Waals surface area (Å²) in [7, 11) is 0. The van der Waals surface area contributed by atoms with E-state index in [1.54, 1.807) is 12.5 Å². The lowest BCUT2D eigenvalue weighted by Gasteiger charge is -2.14. The molecule has 2 heterocycles. The lowest BCUT2D eigenvalue weighted by Crippen LogP contribution is -2.34. The summed E-state index contributed by atoms with van der Waals surface area (Å²) < 4.78 is 2.01. The number of benzene rings is 1. The number of amides is 1. The number of nitrogens with one attached hydrogen (secondary N) is 1. The van der Waals surface area contributed by atoms with Gasteiger partial charge in [-0.1, -0.05) is 18.2 Å². The quantitative estimate of drug-likeness (QED) is 0.761. The zero-order chi connectivity index (χ0) is 16.1. The molecular formula is C18H20N4O. The zero-order valence-corrected chi connectivity index (χ0v) is 13.1. The molecule has 0 aliphatic heterocycles. The Kier molecular flexibility index (Phi) is 4.66. The molecule has 5 nitrogen and oxygen atoms in total. The maximum absolute atomic E-state index is 12.1. The van der Waals surface area contributed by atoms with E-state index in [0.29, 0.717) is 13.0 Å². The minimum atomic E-state index is 0.0548. The molecule has 0 saturated carbocycles. The zero-order valence-electron chi connectivity index (χ0n) is 13.1. The lowest BCUT2D eigenvalue weighted by atomic mass is 10.1. The van der Waals surface area contributed by atoms with Gasteiger partial charge in [-0.25, -0.2) is 4.98 Å². The number of nitrogens with zero attached hydrogens (tertiary/aromatic N) is 3. The third-order valence-electron chi connectivity index (χ3n) is 3.78. The second-order valence-electron chi connectivity index (χ2n) is 5.71. The summed E-state index contributed by atoms with van der Waals surface area (Å²) in [6.07, 6.45) is 6.60. The molecule has 1 N–H and O–H groups in total. The van der Waals surface area contributed by atoms with Crippen LogP contribution in [-0.4, -0.2) is 26.5 Å². The van der Waals surface area contributed by atoms with Gasteiger partial charge in [-0.15, -0.1) is 0 Å². The molecule has 118 valence electrons. The van der Waals surface area contributed by atoms with E-state index in [1.165, 1.54) is 0 Å². The molecule has 23 heavy (non-hydrogen) atoms. The molecule has 3 rings (SSSR count). The molecule has 0 aliphatic carbocycles. The Balaban J connectivity index is 1.51. The first-order valence-corrected chi connectivity index (χ1v) is 7.80. The Hall–Kier alpha value is -2.69. The summed E-state index contributed by atoms with van der Waals surface area (Å²) in [4.78, 5) is 20.5. The van der Waals surface area contributed by atoms with E-state index in [4.69, 9.17) is 0 Å². The molecule has 0 spiro atoms. The van der Waals surface area contributed by atoms with Crippen molar-refractivity contribution >= 4 is 16.9 Å². The Bertz CT molecular complexity index is 782. The molecular weight excluding hydrogens is 288 g/mol. The molecule has 3 aromatic rings. The van der Waals surface area contributed by atoms with Gasteiger partial charge in [-0.05, 0) is 37.1 Å². The average Bonchev–Trinajstić information content (AvgIpc) is 2.97. The number of aromatic nitrogens is 3. The van der Waals surface area contributed by atoms with E-state index in [1.807, 2.05) is 54.1 Å². The summed E-state index contributed by atoms with van der Waals surface area (Å²) in [5.74, 6) is 0.0548. The second-order valence-corrected chi connectivity index (χ2v) is 5.71. The van der Waals surface area contributed by atoms with Gasteiger partial charge in [0.05, 0.1) is 17.4 Å². The Morgan fingerprint density at radius 1 is 1.26 bits per heavy atom. The molecule has 0 bridgehead atoms. The fourth-order valence-corrected chi connectivity index (χ4v) is 2.68. The van der Waals surface area contributed by atoms with Crippen LogP contribution in [0.3, 0.4) is 0 Å². The molecule has 0 radical (unpaired) electrons. The molecule has 0 fully saturated rings. The van der Waals surface area contributed by atoms with Crippen LogP contribution in [0.2, 0.25) is 0 Å².